The minimum absolute atomic E-state index is 0.256. The normalized spacial score (nSPS) is 13.4. The topological polar surface area (TPSA) is 106 Å². The van der Waals surface area contributed by atoms with E-state index in [1.54, 1.807) is 19.1 Å². The Labute approximate surface area is 114 Å². The Balaban J connectivity index is 3.42. The lowest BCUT2D eigenvalue weighted by atomic mass is 9.95. The summed E-state index contributed by atoms with van der Waals surface area (Å²) in [5.74, 6) is 0. The highest BCUT2D eigenvalue weighted by Gasteiger charge is 2.28. The predicted molar refractivity (Wildman–Crippen MR) is 78.5 cm³/mol. The van der Waals surface area contributed by atoms with Crippen LogP contribution in [-0.2, 0) is 16.5 Å². The third-order valence-corrected chi connectivity index (χ3v) is 4.55. The summed E-state index contributed by atoms with van der Waals surface area (Å²) in [7, 11) is -4.19. The van der Waals surface area contributed by atoms with Crippen LogP contribution >= 0.6 is 0 Å². The van der Waals surface area contributed by atoms with Crippen LogP contribution in [0.3, 0.4) is 0 Å². The van der Waals surface area contributed by atoms with Crippen LogP contribution in [0.5, 0.6) is 0 Å². The van der Waals surface area contributed by atoms with E-state index < -0.39 is 15.4 Å². The molecule has 5 nitrogen and oxygen atoms in total. The predicted octanol–water partition coefficient (Wildman–Crippen LogP) is 2.53. The van der Waals surface area contributed by atoms with E-state index in [2.05, 4.69) is 0 Å². The molecule has 0 saturated heterocycles. The van der Waals surface area contributed by atoms with Crippen molar-refractivity contribution in [3.05, 3.63) is 23.3 Å². The SMILES string of the molecule is CCCCc1c(N)ccc(N)c1C(CC)S(=O)(=O)O. The van der Waals surface area contributed by atoms with Crippen LogP contribution in [0.4, 0.5) is 11.4 Å². The van der Waals surface area contributed by atoms with E-state index in [4.69, 9.17) is 11.5 Å². The van der Waals surface area contributed by atoms with Crippen LogP contribution in [0.1, 0.15) is 49.5 Å². The summed E-state index contributed by atoms with van der Waals surface area (Å²) in [5.41, 5.74) is 13.9. The molecular weight excluding hydrogens is 264 g/mol. The molecule has 0 aliphatic heterocycles. The fraction of sp³-hybridized carbons (Fsp3) is 0.538. The average Bonchev–Trinajstić information content (AvgIpc) is 2.32. The van der Waals surface area contributed by atoms with Crippen molar-refractivity contribution in [2.75, 3.05) is 11.5 Å². The molecule has 1 atom stereocenters. The summed E-state index contributed by atoms with van der Waals surface area (Å²) in [6.07, 6.45) is 2.78. The van der Waals surface area contributed by atoms with Crippen LogP contribution in [-0.4, -0.2) is 13.0 Å². The van der Waals surface area contributed by atoms with Gasteiger partial charge in [-0.2, -0.15) is 8.42 Å². The van der Waals surface area contributed by atoms with Crippen LogP contribution in [0, 0.1) is 0 Å². The summed E-state index contributed by atoms with van der Waals surface area (Å²) in [6.45, 7) is 3.74. The molecule has 0 aliphatic carbocycles. The highest BCUT2D eigenvalue weighted by molar-refractivity contribution is 7.86. The van der Waals surface area contributed by atoms with Gasteiger partial charge in [0, 0.05) is 16.9 Å². The number of unbranched alkanes of at least 4 members (excludes halogenated alkanes) is 1. The molecule has 1 aromatic rings. The maximum atomic E-state index is 11.5. The lowest BCUT2D eigenvalue weighted by Gasteiger charge is -2.20. The summed E-state index contributed by atoms with van der Waals surface area (Å²) in [5, 5.41) is -1.01. The molecule has 0 saturated carbocycles. The highest BCUT2D eigenvalue weighted by atomic mass is 32.2. The third kappa shape index (κ3) is 3.61. The Morgan fingerprint density at radius 3 is 2.26 bits per heavy atom. The van der Waals surface area contributed by atoms with Gasteiger partial charge in [0.05, 0.1) is 0 Å². The van der Waals surface area contributed by atoms with Gasteiger partial charge in [-0.3, -0.25) is 4.55 Å². The van der Waals surface area contributed by atoms with Gasteiger partial charge in [-0.25, -0.2) is 0 Å². The van der Waals surface area contributed by atoms with Crippen molar-refractivity contribution >= 4 is 21.5 Å². The molecule has 0 aliphatic rings. The molecule has 0 aromatic heterocycles. The van der Waals surface area contributed by atoms with Crippen LogP contribution in [0.15, 0.2) is 12.1 Å². The average molecular weight is 286 g/mol. The van der Waals surface area contributed by atoms with Gasteiger partial charge >= 0.3 is 0 Å². The zero-order valence-corrected chi connectivity index (χ0v) is 12.2. The number of anilines is 2. The van der Waals surface area contributed by atoms with E-state index >= 15 is 0 Å². The van der Waals surface area contributed by atoms with Gasteiger partial charge in [-0.1, -0.05) is 20.3 Å². The fourth-order valence-electron chi connectivity index (χ4n) is 2.28. The first-order valence-corrected chi connectivity index (χ1v) is 7.96. The first kappa shape index (κ1) is 15.8. The second-order valence-corrected chi connectivity index (χ2v) is 6.25. The molecule has 0 radical (unpaired) electrons. The minimum Gasteiger partial charge on any atom is -0.398 e. The zero-order chi connectivity index (χ0) is 14.6. The molecule has 1 rings (SSSR count). The summed E-state index contributed by atoms with van der Waals surface area (Å²) >= 11 is 0. The molecule has 1 aromatic carbocycles. The molecule has 6 heteroatoms. The maximum absolute atomic E-state index is 11.5. The van der Waals surface area contributed by atoms with Gasteiger partial charge in [0.1, 0.15) is 5.25 Å². The van der Waals surface area contributed by atoms with Crippen molar-refractivity contribution < 1.29 is 13.0 Å². The quantitative estimate of drug-likeness (QED) is 0.550. The van der Waals surface area contributed by atoms with Gasteiger partial charge in [-0.05, 0) is 37.0 Å². The summed E-state index contributed by atoms with van der Waals surface area (Å²) in [6, 6.07) is 3.27. The van der Waals surface area contributed by atoms with Crippen molar-refractivity contribution in [1.82, 2.24) is 0 Å². The number of nitrogen functional groups attached to an aromatic ring is 2. The van der Waals surface area contributed by atoms with Crippen LogP contribution < -0.4 is 11.5 Å². The molecule has 0 amide bonds. The fourth-order valence-corrected chi connectivity index (χ4v) is 3.27. The van der Waals surface area contributed by atoms with Gasteiger partial charge in [-0.15, -0.1) is 0 Å². The molecule has 108 valence electrons. The third-order valence-electron chi connectivity index (χ3n) is 3.26. The van der Waals surface area contributed by atoms with Crippen molar-refractivity contribution in [1.29, 1.82) is 0 Å². The Kier molecular flexibility index (Phi) is 5.20. The number of hydrogen-bond donors (Lipinski definition) is 3. The highest BCUT2D eigenvalue weighted by Crippen LogP contribution is 2.36. The number of rotatable bonds is 6. The number of benzene rings is 1. The second-order valence-electron chi connectivity index (χ2n) is 4.65. The first-order valence-electron chi connectivity index (χ1n) is 6.45. The molecule has 0 heterocycles. The lowest BCUT2D eigenvalue weighted by Crippen LogP contribution is -2.16. The first-order chi connectivity index (χ1) is 8.82. The Morgan fingerprint density at radius 1 is 1.21 bits per heavy atom. The van der Waals surface area contributed by atoms with Gasteiger partial charge in [0.25, 0.3) is 10.1 Å². The monoisotopic (exact) mass is 286 g/mol. The molecule has 1 unspecified atom stereocenters. The van der Waals surface area contributed by atoms with Gasteiger partial charge < -0.3 is 11.5 Å². The van der Waals surface area contributed by atoms with E-state index in [-0.39, 0.29) is 6.42 Å². The molecule has 0 bridgehead atoms. The molecule has 19 heavy (non-hydrogen) atoms. The van der Waals surface area contributed by atoms with Crippen LogP contribution in [0.2, 0.25) is 0 Å². The largest absolute Gasteiger partial charge is 0.398 e. The second kappa shape index (κ2) is 6.25. The van der Waals surface area contributed by atoms with E-state index in [1.807, 2.05) is 6.92 Å². The van der Waals surface area contributed by atoms with Crippen molar-refractivity contribution in [2.24, 2.45) is 0 Å². The summed E-state index contributed by atoms with van der Waals surface area (Å²) in [4.78, 5) is 0. The Morgan fingerprint density at radius 2 is 1.79 bits per heavy atom. The maximum Gasteiger partial charge on any atom is 0.272 e. The smallest absolute Gasteiger partial charge is 0.272 e. The standard InChI is InChI=1S/C13H22N2O3S/c1-3-5-6-9-10(14)7-8-11(15)13(9)12(4-2)19(16,17)18/h7-8,12H,3-6,14-15H2,1-2H3,(H,16,17,18). The molecule has 0 spiro atoms. The molecule has 0 fully saturated rings. The zero-order valence-electron chi connectivity index (χ0n) is 11.4. The molecule has 5 N–H and O–H groups in total. The summed E-state index contributed by atoms with van der Waals surface area (Å²) < 4.78 is 32.4. The van der Waals surface area contributed by atoms with E-state index in [1.165, 1.54) is 0 Å². The van der Waals surface area contributed by atoms with Crippen molar-refractivity contribution in [2.45, 2.75) is 44.8 Å². The van der Waals surface area contributed by atoms with Gasteiger partial charge in [0.15, 0.2) is 0 Å². The van der Waals surface area contributed by atoms with Gasteiger partial charge in [0.2, 0.25) is 0 Å². The van der Waals surface area contributed by atoms with Crippen molar-refractivity contribution in [3.63, 3.8) is 0 Å². The number of hydrogen-bond acceptors (Lipinski definition) is 4. The minimum atomic E-state index is -4.19. The van der Waals surface area contributed by atoms with E-state index in [0.717, 1.165) is 18.4 Å². The molecular formula is C13H22N2O3S. The number of nitrogens with two attached hydrogens (primary N) is 2. The van der Waals surface area contributed by atoms with Crippen molar-refractivity contribution in [3.8, 4) is 0 Å². The Hall–Kier alpha value is -1.27. The van der Waals surface area contributed by atoms with Crippen LogP contribution in [0.25, 0.3) is 0 Å². The van der Waals surface area contributed by atoms with E-state index in [0.29, 0.717) is 23.4 Å². The van der Waals surface area contributed by atoms with E-state index in [9.17, 15) is 13.0 Å². The Bertz CT molecular complexity index is 541. The lowest BCUT2D eigenvalue weighted by molar-refractivity contribution is 0.466.